The van der Waals surface area contributed by atoms with Crippen molar-refractivity contribution >= 4 is 21.6 Å². The van der Waals surface area contributed by atoms with E-state index in [-0.39, 0.29) is 42.7 Å². The average Bonchev–Trinajstić information content (AvgIpc) is 3.36. The van der Waals surface area contributed by atoms with E-state index in [0.717, 1.165) is 24.9 Å². The third-order valence-corrected chi connectivity index (χ3v) is 9.05. The van der Waals surface area contributed by atoms with E-state index in [9.17, 15) is 18.3 Å². The first kappa shape index (κ1) is 31.9. The van der Waals surface area contributed by atoms with Crippen molar-refractivity contribution in [2.24, 2.45) is 13.0 Å². The minimum Gasteiger partial charge on any atom is -0.490 e. The predicted molar refractivity (Wildman–Crippen MR) is 154 cm³/mol. The zero-order valence-electron chi connectivity index (χ0n) is 24.8. The molecular weight excluding hydrogens is 534 g/mol. The van der Waals surface area contributed by atoms with E-state index in [0.29, 0.717) is 17.9 Å². The molecule has 0 unspecified atom stereocenters. The van der Waals surface area contributed by atoms with Crippen LogP contribution in [0.15, 0.2) is 35.7 Å². The van der Waals surface area contributed by atoms with Crippen LogP contribution in [0.4, 0.5) is 5.69 Å². The highest BCUT2D eigenvalue weighted by Crippen LogP contribution is 2.29. The highest BCUT2D eigenvalue weighted by molar-refractivity contribution is 7.89. The van der Waals surface area contributed by atoms with Crippen molar-refractivity contribution in [3.63, 3.8) is 0 Å². The molecule has 12 heteroatoms. The average molecular weight is 580 g/mol. The van der Waals surface area contributed by atoms with Gasteiger partial charge >= 0.3 is 0 Å². The van der Waals surface area contributed by atoms with Crippen molar-refractivity contribution < 1.29 is 27.8 Å². The maximum atomic E-state index is 14.1. The van der Waals surface area contributed by atoms with Gasteiger partial charge in [-0.1, -0.05) is 6.92 Å². The second-order valence-electron chi connectivity index (χ2n) is 11.0. The van der Waals surface area contributed by atoms with Gasteiger partial charge in [0.1, 0.15) is 5.75 Å². The molecule has 4 atom stereocenters. The number of hydrogen-bond donors (Lipinski definition) is 1. The molecule has 2 aromatic rings. The van der Waals surface area contributed by atoms with E-state index < -0.39 is 22.2 Å². The third-order valence-electron chi connectivity index (χ3n) is 7.34. The monoisotopic (exact) mass is 579 g/mol. The maximum Gasteiger partial charge on any atom is 0.261 e. The molecule has 1 aliphatic heterocycles. The number of aliphatic hydroxyl groups is 1. The van der Waals surface area contributed by atoms with E-state index >= 15 is 0 Å². The Kier molecular flexibility index (Phi) is 11.0. The number of imidazole rings is 1. The lowest BCUT2D eigenvalue weighted by atomic mass is 10.0. The molecule has 0 saturated carbocycles. The predicted octanol–water partition coefficient (Wildman–Crippen LogP) is 2.60. The second kappa shape index (κ2) is 13.8. The molecule has 1 aromatic carbocycles. The van der Waals surface area contributed by atoms with Gasteiger partial charge in [-0.05, 0) is 51.3 Å². The fourth-order valence-electron chi connectivity index (χ4n) is 4.68. The quantitative estimate of drug-likeness (QED) is 0.532. The normalized spacial score (nSPS) is 22.4. The molecule has 1 amide bonds. The molecule has 0 fully saturated rings. The van der Waals surface area contributed by atoms with Gasteiger partial charge in [-0.3, -0.25) is 4.79 Å². The van der Waals surface area contributed by atoms with Crippen LogP contribution in [0.3, 0.4) is 0 Å². The van der Waals surface area contributed by atoms with Crippen molar-refractivity contribution in [1.29, 1.82) is 0 Å². The van der Waals surface area contributed by atoms with Gasteiger partial charge in [0.15, 0.2) is 5.03 Å². The van der Waals surface area contributed by atoms with Gasteiger partial charge in [-0.15, -0.1) is 0 Å². The van der Waals surface area contributed by atoms with E-state index in [1.54, 1.807) is 23.4 Å². The molecule has 0 radical (unpaired) electrons. The number of rotatable bonds is 7. The molecule has 3 rings (SSSR count). The number of ether oxygens (including phenoxy) is 2. The molecule has 0 bridgehead atoms. The van der Waals surface area contributed by atoms with Crippen molar-refractivity contribution in [2.45, 2.75) is 63.3 Å². The summed E-state index contributed by atoms with van der Waals surface area (Å²) < 4.78 is 41.8. The first-order valence-corrected chi connectivity index (χ1v) is 15.2. The minimum absolute atomic E-state index is 0.0287. The Bertz CT molecular complexity index is 1230. The Morgan fingerprint density at radius 3 is 2.55 bits per heavy atom. The summed E-state index contributed by atoms with van der Waals surface area (Å²) in [6.07, 6.45) is 4.73. The Labute approximate surface area is 238 Å². The standard InChI is InChI=1S/C28H45N5O6S/c1-20-15-33(21(2)18-34)28(35)24-14-23(30(4)5)11-12-25(24)39-22(3)10-8-9-13-38-26(20)16-32(7)40(36,37)27-17-31(6)19-29-27/h11-12,14,17,19-22,26,34H,8-10,13,15-16,18H2,1-7H3/t20-,21-,22+,26-/m0/s1. The summed E-state index contributed by atoms with van der Waals surface area (Å²) in [7, 11) is 3.22. The molecule has 0 aliphatic carbocycles. The Morgan fingerprint density at radius 2 is 1.93 bits per heavy atom. The van der Waals surface area contributed by atoms with E-state index in [2.05, 4.69) is 4.98 Å². The molecule has 40 heavy (non-hydrogen) atoms. The molecule has 224 valence electrons. The minimum atomic E-state index is -3.83. The van der Waals surface area contributed by atoms with Crippen LogP contribution in [0.25, 0.3) is 0 Å². The highest BCUT2D eigenvalue weighted by atomic mass is 32.2. The third kappa shape index (κ3) is 7.74. The molecule has 1 N–H and O–H groups in total. The SMILES string of the molecule is C[C@@H]1CCCCO[C@@H](CN(C)S(=O)(=O)c2cn(C)cn2)[C@@H](C)CN([C@@H](C)CO)C(=O)c2cc(N(C)C)ccc2O1. The van der Waals surface area contributed by atoms with Gasteiger partial charge in [0.05, 0.1) is 36.7 Å². The number of sulfonamides is 1. The largest absolute Gasteiger partial charge is 0.490 e. The van der Waals surface area contributed by atoms with Crippen LogP contribution in [0.2, 0.25) is 0 Å². The molecular formula is C28H45N5O6S. The van der Waals surface area contributed by atoms with E-state index in [4.69, 9.17) is 9.47 Å². The number of nitrogens with zero attached hydrogens (tertiary/aromatic N) is 5. The number of benzene rings is 1. The number of anilines is 1. The number of carbonyl (C=O) groups excluding carboxylic acids is 1. The smallest absolute Gasteiger partial charge is 0.261 e. The molecule has 0 saturated heterocycles. The number of fused-ring (bicyclic) bond motifs is 1. The summed E-state index contributed by atoms with van der Waals surface area (Å²) in [4.78, 5) is 21.6. The number of aliphatic hydroxyl groups excluding tert-OH is 1. The van der Waals surface area contributed by atoms with Crippen LogP contribution in [-0.2, 0) is 21.8 Å². The van der Waals surface area contributed by atoms with E-state index in [1.807, 2.05) is 51.0 Å². The Morgan fingerprint density at radius 1 is 1.20 bits per heavy atom. The van der Waals surface area contributed by atoms with Crippen LogP contribution < -0.4 is 9.64 Å². The molecule has 2 heterocycles. The van der Waals surface area contributed by atoms with E-state index in [1.165, 1.54) is 23.9 Å². The lowest BCUT2D eigenvalue weighted by molar-refractivity contribution is -0.00835. The zero-order chi connectivity index (χ0) is 29.6. The van der Waals surface area contributed by atoms with Crippen molar-refractivity contribution in [3.8, 4) is 5.75 Å². The van der Waals surface area contributed by atoms with Crippen molar-refractivity contribution in [2.75, 3.05) is 52.3 Å². The maximum absolute atomic E-state index is 14.1. The number of likely N-dealkylation sites (N-methyl/N-ethyl adjacent to an activating group) is 1. The summed E-state index contributed by atoms with van der Waals surface area (Å²) in [6, 6.07) is 5.09. The topological polar surface area (TPSA) is 117 Å². The summed E-state index contributed by atoms with van der Waals surface area (Å²) in [5.74, 6) is 0.00380. The summed E-state index contributed by atoms with van der Waals surface area (Å²) in [5.41, 5.74) is 1.28. The second-order valence-corrected chi connectivity index (χ2v) is 13.0. The zero-order valence-corrected chi connectivity index (χ0v) is 25.6. The van der Waals surface area contributed by atoms with Gasteiger partial charge in [0, 0.05) is 65.7 Å². The number of amides is 1. The summed E-state index contributed by atoms with van der Waals surface area (Å²) >= 11 is 0. The van der Waals surface area contributed by atoms with Crippen LogP contribution in [0, 0.1) is 5.92 Å². The lowest BCUT2D eigenvalue weighted by Crippen LogP contribution is -2.48. The first-order valence-electron chi connectivity index (χ1n) is 13.8. The number of carbonyl (C=O) groups is 1. The lowest BCUT2D eigenvalue weighted by Gasteiger charge is -2.35. The Balaban J connectivity index is 1.96. The summed E-state index contributed by atoms with van der Waals surface area (Å²) in [5, 5.41) is 10.1. The number of aryl methyl sites for hydroxylation is 1. The van der Waals surface area contributed by atoms with Gasteiger partial charge in [-0.25, -0.2) is 13.4 Å². The van der Waals surface area contributed by atoms with Crippen LogP contribution >= 0.6 is 0 Å². The fraction of sp³-hybridized carbons (Fsp3) is 0.643. The first-order chi connectivity index (χ1) is 18.8. The molecule has 11 nitrogen and oxygen atoms in total. The van der Waals surface area contributed by atoms with Crippen LogP contribution in [0.5, 0.6) is 5.75 Å². The van der Waals surface area contributed by atoms with Gasteiger partial charge in [-0.2, -0.15) is 4.31 Å². The number of hydrogen-bond acceptors (Lipinski definition) is 8. The van der Waals surface area contributed by atoms with Gasteiger partial charge in [0.2, 0.25) is 0 Å². The summed E-state index contributed by atoms with van der Waals surface area (Å²) in [6.45, 7) is 6.29. The van der Waals surface area contributed by atoms with Crippen LogP contribution in [0.1, 0.15) is 50.4 Å². The Hall–Kier alpha value is -2.67. The molecule has 0 spiro atoms. The number of aromatic nitrogens is 2. The molecule has 1 aromatic heterocycles. The van der Waals surface area contributed by atoms with Crippen molar-refractivity contribution in [3.05, 3.63) is 36.3 Å². The van der Waals surface area contributed by atoms with Gasteiger partial charge in [0.25, 0.3) is 15.9 Å². The fourth-order valence-corrected chi connectivity index (χ4v) is 5.83. The van der Waals surface area contributed by atoms with Gasteiger partial charge < -0.3 is 28.9 Å². The molecule has 1 aliphatic rings. The highest BCUT2D eigenvalue weighted by Gasteiger charge is 2.33. The van der Waals surface area contributed by atoms with Crippen LogP contribution in [-0.4, -0.2) is 104 Å². The van der Waals surface area contributed by atoms with Crippen molar-refractivity contribution in [1.82, 2.24) is 18.8 Å².